The van der Waals surface area contributed by atoms with E-state index in [-0.39, 0.29) is 0 Å². The first kappa shape index (κ1) is 8.40. The second-order valence-corrected chi connectivity index (χ2v) is 3.57. The van der Waals surface area contributed by atoms with Crippen molar-refractivity contribution in [3.8, 4) is 0 Å². The summed E-state index contributed by atoms with van der Waals surface area (Å²) in [7, 11) is 0. The quantitative estimate of drug-likeness (QED) is 0.335. The summed E-state index contributed by atoms with van der Waals surface area (Å²) in [5.74, 6) is 0. The van der Waals surface area contributed by atoms with Crippen LogP contribution in [-0.4, -0.2) is 52.0 Å². The molecule has 5 atom stereocenters. The minimum Gasteiger partial charge on any atom is -0.388 e. The van der Waals surface area contributed by atoms with Crippen molar-refractivity contribution in [2.24, 2.45) is 0 Å². The zero-order valence-corrected chi connectivity index (χ0v) is 6.77. The number of aliphatic hydroxyl groups excluding tert-OH is 3. The fourth-order valence-electron chi connectivity index (χ4n) is 1.80. The van der Waals surface area contributed by atoms with Gasteiger partial charge in [0.2, 0.25) is 0 Å². The lowest BCUT2D eigenvalue weighted by atomic mass is 9.95. The molecule has 2 saturated heterocycles. The van der Waals surface area contributed by atoms with E-state index in [0.717, 1.165) is 0 Å². The largest absolute Gasteiger partial charge is 0.388 e. The van der Waals surface area contributed by atoms with Crippen molar-refractivity contribution in [1.29, 1.82) is 0 Å². The number of rotatable bonds is 0. The molecule has 0 amide bonds. The van der Waals surface area contributed by atoms with Gasteiger partial charge in [0, 0.05) is 6.54 Å². The van der Waals surface area contributed by atoms with E-state index in [4.69, 9.17) is 4.74 Å². The van der Waals surface area contributed by atoms with Crippen molar-refractivity contribution in [1.82, 2.24) is 5.32 Å². The average Bonchev–Trinajstić information content (AvgIpc) is 2.41. The highest BCUT2D eigenvalue weighted by Gasteiger charge is 2.54. The molecule has 2 bridgehead atoms. The highest BCUT2D eigenvalue weighted by Crippen LogP contribution is 2.31. The Bertz CT molecular complexity index is 200. The van der Waals surface area contributed by atoms with Gasteiger partial charge in [0.15, 0.2) is 0 Å². The molecule has 2 aliphatic heterocycles. The minimum absolute atomic E-state index is 0.409. The number of hydrogen-bond acceptors (Lipinski definition) is 5. The van der Waals surface area contributed by atoms with Crippen LogP contribution in [0, 0.1) is 0 Å². The first-order valence-electron chi connectivity index (χ1n) is 4.01. The van der Waals surface area contributed by atoms with E-state index < -0.39 is 30.1 Å². The molecule has 0 aromatic rings. The van der Waals surface area contributed by atoms with Crippen molar-refractivity contribution in [3.63, 3.8) is 0 Å². The van der Waals surface area contributed by atoms with Crippen LogP contribution in [0.5, 0.6) is 0 Å². The molecule has 5 heteroatoms. The Morgan fingerprint density at radius 1 is 1.33 bits per heavy atom. The standard InChI is InChI=1S/C7H13NO4/c1-7-6(11)5(10)4(9)3(12-7)2-8-7/h3-6,8-11H,2H2,1H3/t3-,4-,5-,6+,7-/m0/s1. The Kier molecular flexibility index (Phi) is 1.68. The van der Waals surface area contributed by atoms with Crippen LogP contribution >= 0.6 is 0 Å². The van der Waals surface area contributed by atoms with Crippen molar-refractivity contribution in [2.75, 3.05) is 6.54 Å². The molecule has 0 unspecified atom stereocenters. The molecule has 0 aromatic heterocycles. The third kappa shape index (κ3) is 0.915. The van der Waals surface area contributed by atoms with E-state index in [9.17, 15) is 15.3 Å². The molecular formula is C7H13NO4. The molecule has 0 aromatic carbocycles. The molecule has 5 nitrogen and oxygen atoms in total. The predicted octanol–water partition coefficient (Wildman–Crippen LogP) is -2.21. The van der Waals surface area contributed by atoms with E-state index in [1.807, 2.05) is 0 Å². The van der Waals surface area contributed by atoms with Gasteiger partial charge < -0.3 is 20.1 Å². The first-order valence-corrected chi connectivity index (χ1v) is 4.01. The maximum absolute atomic E-state index is 9.50. The Hall–Kier alpha value is -0.200. The van der Waals surface area contributed by atoms with Crippen LogP contribution in [-0.2, 0) is 4.74 Å². The summed E-state index contributed by atoms with van der Waals surface area (Å²) in [5.41, 5.74) is -0.899. The molecule has 12 heavy (non-hydrogen) atoms. The molecule has 2 fully saturated rings. The highest BCUT2D eigenvalue weighted by atomic mass is 16.6. The Morgan fingerprint density at radius 2 is 2.00 bits per heavy atom. The Labute approximate surface area is 70.0 Å². The van der Waals surface area contributed by atoms with Gasteiger partial charge in [-0.1, -0.05) is 0 Å². The smallest absolute Gasteiger partial charge is 0.145 e. The molecule has 0 spiro atoms. The maximum Gasteiger partial charge on any atom is 0.145 e. The number of nitrogens with one attached hydrogen (secondary N) is 1. The van der Waals surface area contributed by atoms with Crippen LogP contribution in [0.4, 0.5) is 0 Å². The van der Waals surface area contributed by atoms with Crippen molar-refractivity contribution >= 4 is 0 Å². The van der Waals surface area contributed by atoms with Crippen LogP contribution in [0.1, 0.15) is 6.92 Å². The van der Waals surface area contributed by atoms with Crippen molar-refractivity contribution in [2.45, 2.75) is 37.1 Å². The monoisotopic (exact) mass is 175 g/mol. The molecule has 0 saturated carbocycles. The molecule has 4 N–H and O–H groups in total. The van der Waals surface area contributed by atoms with Gasteiger partial charge in [-0.05, 0) is 6.92 Å². The minimum atomic E-state index is -1.12. The number of ether oxygens (including phenoxy) is 1. The van der Waals surface area contributed by atoms with Gasteiger partial charge in [0.25, 0.3) is 0 Å². The summed E-state index contributed by atoms with van der Waals surface area (Å²) in [6.07, 6.45) is -3.61. The summed E-state index contributed by atoms with van der Waals surface area (Å²) < 4.78 is 5.31. The number of fused-ring (bicyclic) bond motifs is 2. The van der Waals surface area contributed by atoms with Crippen LogP contribution in [0.3, 0.4) is 0 Å². The second-order valence-electron chi connectivity index (χ2n) is 3.57. The fraction of sp³-hybridized carbons (Fsp3) is 1.00. The number of hydrogen-bond donors (Lipinski definition) is 4. The van der Waals surface area contributed by atoms with Gasteiger partial charge >= 0.3 is 0 Å². The summed E-state index contributed by atoms with van der Waals surface area (Å²) >= 11 is 0. The van der Waals surface area contributed by atoms with Gasteiger partial charge in [0.05, 0.1) is 0 Å². The zero-order chi connectivity index (χ0) is 8.93. The number of aliphatic hydroxyl groups is 3. The molecular weight excluding hydrogens is 162 g/mol. The molecule has 0 radical (unpaired) electrons. The van der Waals surface area contributed by atoms with Crippen LogP contribution in [0.2, 0.25) is 0 Å². The van der Waals surface area contributed by atoms with Gasteiger partial charge in [-0.2, -0.15) is 0 Å². The Balaban J connectivity index is 2.25. The van der Waals surface area contributed by atoms with Gasteiger partial charge in [0.1, 0.15) is 30.1 Å². The predicted molar refractivity (Wildman–Crippen MR) is 39.3 cm³/mol. The third-order valence-corrected chi connectivity index (χ3v) is 2.67. The summed E-state index contributed by atoms with van der Waals surface area (Å²) in [6.45, 7) is 2.12. The van der Waals surface area contributed by atoms with Crippen LogP contribution in [0.25, 0.3) is 0 Å². The lowest BCUT2D eigenvalue weighted by Crippen LogP contribution is -2.61. The van der Waals surface area contributed by atoms with E-state index in [0.29, 0.717) is 6.54 Å². The maximum atomic E-state index is 9.50. The second kappa shape index (κ2) is 2.40. The van der Waals surface area contributed by atoms with Gasteiger partial charge in [-0.15, -0.1) is 0 Å². The lowest BCUT2D eigenvalue weighted by Gasteiger charge is -2.40. The van der Waals surface area contributed by atoms with Crippen molar-refractivity contribution < 1.29 is 20.1 Å². The average molecular weight is 175 g/mol. The summed E-state index contributed by atoms with van der Waals surface area (Å²) in [5, 5.41) is 31.2. The fourth-order valence-corrected chi connectivity index (χ4v) is 1.80. The summed E-state index contributed by atoms with van der Waals surface area (Å²) in [6, 6.07) is 0. The molecule has 2 heterocycles. The first-order chi connectivity index (χ1) is 5.54. The zero-order valence-electron chi connectivity index (χ0n) is 6.77. The molecule has 0 aliphatic carbocycles. The van der Waals surface area contributed by atoms with E-state index >= 15 is 0 Å². The van der Waals surface area contributed by atoms with E-state index in [1.165, 1.54) is 0 Å². The van der Waals surface area contributed by atoms with E-state index in [2.05, 4.69) is 5.32 Å². The van der Waals surface area contributed by atoms with Gasteiger partial charge in [-0.3, -0.25) is 5.32 Å². The molecule has 2 aliphatic rings. The molecule has 70 valence electrons. The van der Waals surface area contributed by atoms with Gasteiger partial charge in [-0.25, -0.2) is 0 Å². The van der Waals surface area contributed by atoms with Crippen LogP contribution in [0.15, 0.2) is 0 Å². The topological polar surface area (TPSA) is 82.0 Å². The lowest BCUT2D eigenvalue weighted by molar-refractivity contribution is -0.235. The van der Waals surface area contributed by atoms with Crippen LogP contribution < -0.4 is 5.32 Å². The highest BCUT2D eigenvalue weighted by molar-refractivity contribution is 5.03. The van der Waals surface area contributed by atoms with Crippen molar-refractivity contribution in [3.05, 3.63) is 0 Å². The van der Waals surface area contributed by atoms with E-state index in [1.54, 1.807) is 6.92 Å². The Morgan fingerprint density at radius 3 is 2.67 bits per heavy atom. The normalized spacial score (nSPS) is 59.0. The molecule has 2 rings (SSSR count). The SMILES string of the molecule is C[C@]12NC[C@H](O1)[C@H](O)[C@H](O)[C@H]2O. The third-order valence-electron chi connectivity index (χ3n) is 2.67. The summed E-state index contributed by atoms with van der Waals surface area (Å²) in [4.78, 5) is 0.